The number of benzene rings is 2. The maximum Gasteiger partial charge on any atom is 0.246 e. The van der Waals surface area contributed by atoms with E-state index in [1.54, 1.807) is 0 Å². The van der Waals surface area contributed by atoms with Crippen molar-refractivity contribution in [3.63, 3.8) is 0 Å². The molecule has 2 rings (SSSR count). The van der Waals surface area contributed by atoms with E-state index >= 15 is 0 Å². The second-order valence-corrected chi connectivity index (χ2v) is 4.99. The van der Waals surface area contributed by atoms with Gasteiger partial charge in [-0.2, -0.15) is 0 Å². The standard InChI is InChI=1S/C18H20N2O3/c21-17(20-16-9-5-2-6-10-16)11-12-19-18(22)14-23-13-15-7-3-1-4-8-15/h1-10H,11-14H2,(H,19,22)(H,20,21). The van der Waals surface area contributed by atoms with Crippen molar-refractivity contribution in [3.05, 3.63) is 66.2 Å². The van der Waals surface area contributed by atoms with Crippen molar-refractivity contribution < 1.29 is 14.3 Å². The highest BCUT2D eigenvalue weighted by Crippen LogP contribution is 2.05. The topological polar surface area (TPSA) is 67.4 Å². The van der Waals surface area contributed by atoms with E-state index in [-0.39, 0.29) is 31.4 Å². The predicted octanol–water partition coefficient (Wildman–Crippen LogP) is 2.35. The number of amides is 2. The van der Waals surface area contributed by atoms with Crippen LogP contribution in [-0.2, 0) is 20.9 Å². The van der Waals surface area contributed by atoms with Crippen LogP contribution in [0.3, 0.4) is 0 Å². The summed E-state index contributed by atoms with van der Waals surface area (Å²) in [5.74, 6) is -0.366. The number of nitrogens with one attached hydrogen (secondary N) is 2. The van der Waals surface area contributed by atoms with Crippen molar-refractivity contribution in [1.29, 1.82) is 0 Å². The summed E-state index contributed by atoms with van der Waals surface area (Å²) >= 11 is 0. The molecule has 2 amide bonds. The number of carbonyl (C=O) groups is 2. The minimum atomic E-state index is -0.228. The predicted molar refractivity (Wildman–Crippen MR) is 88.8 cm³/mol. The molecule has 0 aromatic heterocycles. The quantitative estimate of drug-likeness (QED) is 0.786. The molecule has 0 radical (unpaired) electrons. The van der Waals surface area contributed by atoms with Crippen LogP contribution in [-0.4, -0.2) is 25.0 Å². The molecule has 23 heavy (non-hydrogen) atoms. The molecule has 0 bridgehead atoms. The first-order valence-electron chi connectivity index (χ1n) is 7.47. The van der Waals surface area contributed by atoms with Gasteiger partial charge >= 0.3 is 0 Å². The highest BCUT2D eigenvalue weighted by Gasteiger charge is 2.05. The van der Waals surface area contributed by atoms with E-state index in [2.05, 4.69) is 10.6 Å². The van der Waals surface area contributed by atoms with Gasteiger partial charge < -0.3 is 15.4 Å². The number of rotatable bonds is 8. The zero-order valence-electron chi connectivity index (χ0n) is 12.8. The maximum atomic E-state index is 11.7. The number of anilines is 1. The van der Waals surface area contributed by atoms with Crippen LogP contribution in [0.2, 0.25) is 0 Å². The normalized spacial score (nSPS) is 10.1. The molecule has 2 aromatic carbocycles. The Morgan fingerprint density at radius 2 is 1.52 bits per heavy atom. The van der Waals surface area contributed by atoms with E-state index in [1.807, 2.05) is 60.7 Å². The fraction of sp³-hybridized carbons (Fsp3) is 0.222. The second-order valence-electron chi connectivity index (χ2n) is 4.99. The van der Waals surface area contributed by atoms with Crippen LogP contribution >= 0.6 is 0 Å². The van der Waals surface area contributed by atoms with Crippen molar-refractivity contribution in [2.45, 2.75) is 13.0 Å². The van der Waals surface area contributed by atoms with Crippen molar-refractivity contribution in [2.75, 3.05) is 18.5 Å². The SMILES string of the molecule is O=C(COCc1ccccc1)NCCC(=O)Nc1ccccc1. The Bertz CT molecular complexity index is 615. The molecule has 2 N–H and O–H groups in total. The van der Waals surface area contributed by atoms with Gasteiger partial charge in [-0.3, -0.25) is 9.59 Å². The van der Waals surface area contributed by atoms with Gasteiger partial charge in [-0.05, 0) is 17.7 Å². The Morgan fingerprint density at radius 3 is 2.22 bits per heavy atom. The number of para-hydroxylation sites is 1. The molecule has 120 valence electrons. The fourth-order valence-corrected chi connectivity index (χ4v) is 1.95. The molecule has 0 fully saturated rings. The average molecular weight is 312 g/mol. The third kappa shape index (κ3) is 6.76. The molecule has 0 aliphatic heterocycles. The minimum Gasteiger partial charge on any atom is -0.367 e. The van der Waals surface area contributed by atoms with Crippen molar-refractivity contribution >= 4 is 17.5 Å². The molecular weight excluding hydrogens is 292 g/mol. The van der Waals surface area contributed by atoms with Crippen molar-refractivity contribution in [2.24, 2.45) is 0 Å². The molecule has 0 aliphatic carbocycles. The molecular formula is C18H20N2O3. The van der Waals surface area contributed by atoms with Gasteiger partial charge in [0.05, 0.1) is 6.61 Å². The Labute approximate surface area is 135 Å². The summed E-state index contributed by atoms with van der Waals surface area (Å²) in [4.78, 5) is 23.3. The lowest BCUT2D eigenvalue weighted by Crippen LogP contribution is -2.30. The van der Waals surface area contributed by atoms with Gasteiger partial charge in [-0.1, -0.05) is 48.5 Å². The van der Waals surface area contributed by atoms with Gasteiger partial charge in [0.2, 0.25) is 11.8 Å². The lowest BCUT2D eigenvalue weighted by atomic mass is 10.2. The van der Waals surface area contributed by atoms with Crippen LogP contribution in [0.1, 0.15) is 12.0 Å². The van der Waals surface area contributed by atoms with E-state index in [0.29, 0.717) is 6.61 Å². The first-order valence-corrected chi connectivity index (χ1v) is 7.47. The highest BCUT2D eigenvalue weighted by molar-refractivity contribution is 5.91. The molecule has 0 heterocycles. The summed E-state index contributed by atoms with van der Waals surface area (Å²) < 4.78 is 5.32. The van der Waals surface area contributed by atoms with Gasteiger partial charge in [0.1, 0.15) is 6.61 Å². The molecule has 5 heteroatoms. The van der Waals surface area contributed by atoms with Crippen LogP contribution in [0.25, 0.3) is 0 Å². The lowest BCUT2D eigenvalue weighted by Gasteiger charge is -2.07. The number of ether oxygens (including phenoxy) is 1. The summed E-state index contributed by atoms with van der Waals surface area (Å²) in [6, 6.07) is 18.8. The van der Waals surface area contributed by atoms with E-state index in [9.17, 15) is 9.59 Å². The third-order valence-corrected chi connectivity index (χ3v) is 3.08. The zero-order valence-corrected chi connectivity index (χ0v) is 12.8. The van der Waals surface area contributed by atoms with Crippen LogP contribution in [0.5, 0.6) is 0 Å². The van der Waals surface area contributed by atoms with Gasteiger partial charge in [-0.15, -0.1) is 0 Å². The first kappa shape index (κ1) is 16.7. The Kier molecular flexibility index (Phi) is 6.81. The Balaban J connectivity index is 1.56. The molecule has 0 spiro atoms. The largest absolute Gasteiger partial charge is 0.367 e. The molecule has 5 nitrogen and oxygen atoms in total. The van der Waals surface area contributed by atoms with Crippen molar-refractivity contribution in [3.8, 4) is 0 Å². The third-order valence-electron chi connectivity index (χ3n) is 3.08. The molecule has 0 aliphatic rings. The maximum absolute atomic E-state index is 11.7. The first-order chi connectivity index (χ1) is 11.2. The zero-order chi connectivity index (χ0) is 16.3. The smallest absolute Gasteiger partial charge is 0.246 e. The van der Waals surface area contributed by atoms with Gasteiger partial charge in [-0.25, -0.2) is 0 Å². The molecule has 0 unspecified atom stereocenters. The van der Waals surface area contributed by atoms with Crippen LogP contribution < -0.4 is 10.6 Å². The van der Waals surface area contributed by atoms with E-state index in [1.165, 1.54) is 0 Å². The van der Waals surface area contributed by atoms with Gasteiger partial charge in [0.15, 0.2) is 0 Å². The second kappa shape index (κ2) is 9.38. The van der Waals surface area contributed by atoms with Crippen molar-refractivity contribution in [1.82, 2.24) is 5.32 Å². The summed E-state index contributed by atoms with van der Waals surface area (Å²) in [5.41, 5.74) is 1.76. The summed E-state index contributed by atoms with van der Waals surface area (Å²) in [6.45, 7) is 0.657. The molecule has 0 saturated carbocycles. The Hall–Kier alpha value is -2.66. The molecule has 0 atom stereocenters. The van der Waals surface area contributed by atoms with Gasteiger partial charge in [0.25, 0.3) is 0 Å². The van der Waals surface area contributed by atoms with E-state index in [4.69, 9.17) is 4.74 Å². The highest BCUT2D eigenvalue weighted by atomic mass is 16.5. The van der Waals surface area contributed by atoms with E-state index < -0.39 is 0 Å². The molecule has 2 aromatic rings. The Morgan fingerprint density at radius 1 is 0.870 bits per heavy atom. The average Bonchev–Trinajstić information content (AvgIpc) is 2.57. The van der Waals surface area contributed by atoms with Gasteiger partial charge in [0, 0.05) is 18.7 Å². The van der Waals surface area contributed by atoms with Crippen LogP contribution in [0, 0.1) is 0 Å². The number of hydrogen-bond donors (Lipinski definition) is 2. The lowest BCUT2D eigenvalue weighted by molar-refractivity contribution is -0.126. The van der Waals surface area contributed by atoms with Crippen LogP contribution in [0.4, 0.5) is 5.69 Å². The van der Waals surface area contributed by atoms with E-state index in [0.717, 1.165) is 11.3 Å². The summed E-state index contributed by atoms with van der Waals surface area (Å²) in [7, 11) is 0. The fourth-order valence-electron chi connectivity index (χ4n) is 1.95. The number of carbonyl (C=O) groups excluding carboxylic acids is 2. The summed E-state index contributed by atoms with van der Waals surface area (Å²) in [6.07, 6.45) is 0.222. The number of hydrogen-bond acceptors (Lipinski definition) is 3. The van der Waals surface area contributed by atoms with Crippen LogP contribution in [0.15, 0.2) is 60.7 Å². The summed E-state index contributed by atoms with van der Waals surface area (Å²) in [5, 5.41) is 5.42. The minimum absolute atomic E-state index is 0.0187. The monoisotopic (exact) mass is 312 g/mol. The molecule has 0 saturated heterocycles.